The van der Waals surface area contributed by atoms with Gasteiger partial charge in [-0.05, 0) is 64.7 Å². The molecular formula is C13H20BIN2O2. The zero-order valence-corrected chi connectivity index (χ0v) is 13.6. The van der Waals surface area contributed by atoms with Crippen LogP contribution >= 0.6 is 22.6 Å². The molecule has 4 nitrogen and oxygen atoms in total. The standard InChI is InChI=1S/C13H20BIN2O2/c1-9-11(8-17-5-3-16-4-6-17)7-12(15)10(2)13(9)14(18)19/h7,16,18-19H,3-6,8H2,1-2H3. The maximum absolute atomic E-state index is 9.57. The number of halogens is 1. The van der Waals surface area contributed by atoms with Gasteiger partial charge in [-0.25, -0.2) is 0 Å². The summed E-state index contributed by atoms with van der Waals surface area (Å²) >= 11 is 2.27. The van der Waals surface area contributed by atoms with E-state index in [1.165, 1.54) is 5.56 Å². The predicted molar refractivity (Wildman–Crippen MR) is 86.6 cm³/mol. The number of piperazine rings is 1. The van der Waals surface area contributed by atoms with E-state index in [2.05, 4.69) is 38.9 Å². The Morgan fingerprint density at radius 1 is 1.26 bits per heavy atom. The van der Waals surface area contributed by atoms with Gasteiger partial charge in [0.05, 0.1) is 0 Å². The van der Waals surface area contributed by atoms with Crippen LogP contribution in [0.5, 0.6) is 0 Å². The third kappa shape index (κ3) is 3.49. The summed E-state index contributed by atoms with van der Waals surface area (Å²) in [5, 5.41) is 22.5. The van der Waals surface area contributed by atoms with Crippen molar-refractivity contribution < 1.29 is 10.0 Å². The third-order valence-corrected chi connectivity index (χ3v) is 4.93. The first-order valence-electron chi connectivity index (χ1n) is 6.58. The topological polar surface area (TPSA) is 55.7 Å². The number of benzene rings is 1. The van der Waals surface area contributed by atoms with Crippen molar-refractivity contribution in [2.24, 2.45) is 0 Å². The molecular weight excluding hydrogens is 354 g/mol. The molecule has 2 rings (SSSR count). The van der Waals surface area contributed by atoms with Gasteiger partial charge in [-0.15, -0.1) is 0 Å². The normalized spacial score (nSPS) is 16.7. The number of hydrogen-bond donors (Lipinski definition) is 3. The largest absolute Gasteiger partial charge is 0.489 e. The minimum absolute atomic E-state index is 0.664. The summed E-state index contributed by atoms with van der Waals surface area (Å²) in [4.78, 5) is 2.40. The molecule has 1 fully saturated rings. The summed E-state index contributed by atoms with van der Waals surface area (Å²) in [6, 6.07) is 2.17. The van der Waals surface area contributed by atoms with Gasteiger partial charge in [0.1, 0.15) is 0 Å². The van der Waals surface area contributed by atoms with Gasteiger partial charge in [-0.2, -0.15) is 0 Å². The van der Waals surface area contributed by atoms with Gasteiger partial charge in [-0.1, -0.05) is 0 Å². The van der Waals surface area contributed by atoms with E-state index in [0.717, 1.165) is 47.4 Å². The van der Waals surface area contributed by atoms with Crippen molar-refractivity contribution in [3.8, 4) is 0 Å². The number of nitrogens with one attached hydrogen (secondary N) is 1. The van der Waals surface area contributed by atoms with Crippen LogP contribution in [0.1, 0.15) is 16.7 Å². The molecule has 0 saturated carbocycles. The van der Waals surface area contributed by atoms with Crippen molar-refractivity contribution in [1.82, 2.24) is 10.2 Å². The smallest absolute Gasteiger partial charge is 0.423 e. The van der Waals surface area contributed by atoms with Crippen molar-refractivity contribution in [3.05, 3.63) is 26.3 Å². The van der Waals surface area contributed by atoms with Gasteiger partial charge in [-0.3, -0.25) is 4.90 Å². The molecule has 0 aromatic heterocycles. The monoisotopic (exact) mass is 374 g/mol. The highest BCUT2D eigenvalue weighted by Crippen LogP contribution is 2.18. The Bertz CT molecular complexity index is 462. The molecule has 3 N–H and O–H groups in total. The fourth-order valence-corrected chi connectivity index (χ4v) is 3.28. The van der Waals surface area contributed by atoms with E-state index in [1.807, 2.05) is 13.8 Å². The summed E-state index contributed by atoms with van der Waals surface area (Å²) < 4.78 is 1.09. The first-order chi connectivity index (χ1) is 9.00. The lowest BCUT2D eigenvalue weighted by atomic mass is 9.73. The molecule has 0 bridgehead atoms. The lowest BCUT2D eigenvalue weighted by Crippen LogP contribution is -2.43. The second kappa shape index (κ2) is 6.54. The Hall–Kier alpha value is -0.145. The average molecular weight is 374 g/mol. The Labute approximate surface area is 128 Å². The highest BCUT2D eigenvalue weighted by molar-refractivity contribution is 14.1. The van der Waals surface area contributed by atoms with Crippen LogP contribution in [0.4, 0.5) is 0 Å². The molecule has 1 aromatic rings. The Balaban J connectivity index is 2.29. The fourth-order valence-electron chi connectivity index (χ4n) is 2.61. The first kappa shape index (κ1) is 15.2. The van der Waals surface area contributed by atoms with E-state index < -0.39 is 7.12 Å². The summed E-state index contributed by atoms with van der Waals surface area (Å²) in [7, 11) is -1.39. The van der Waals surface area contributed by atoms with Gasteiger partial charge in [0.15, 0.2) is 0 Å². The molecule has 6 heteroatoms. The lowest BCUT2D eigenvalue weighted by Gasteiger charge is -2.28. The molecule has 0 unspecified atom stereocenters. The molecule has 0 spiro atoms. The molecule has 104 valence electrons. The molecule has 0 aliphatic carbocycles. The summed E-state index contributed by atoms with van der Waals surface area (Å²) in [6.45, 7) is 8.94. The average Bonchev–Trinajstić information content (AvgIpc) is 2.37. The highest BCUT2D eigenvalue weighted by Gasteiger charge is 2.22. The first-order valence-corrected chi connectivity index (χ1v) is 7.66. The van der Waals surface area contributed by atoms with E-state index in [0.29, 0.717) is 5.46 Å². The SMILES string of the molecule is Cc1c(I)cc(CN2CCNCC2)c(C)c1B(O)O. The number of nitrogens with zero attached hydrogens (tertiary/aromatic N) is 1. The van der Waals surface area contributed by atoms with Crippen LogP contribution in [0, 0.1) is 17.4 Å². The molecule has 1 heterocycles. The zero-order chi connectivity index (χ0) is 14.0. The summed E-state index contributed by atoms with van der Waals surface area (Å²) in [5.74, 6) is 0. The Morgan fingerprint density at radius 3 is 2.47 bits per heavy atom. The van der Waals surface area contributed by atoms with E-state index in [9.17, 15) is 10.0 Å². The molecule has 0 atom stereocenters. The van der Waals surface area contributed by atoms with Crippen LogP contribution in [-0.4, -0.2) is 48.2 Å². The summed E-state index contributed by atoms with van der Waals surface area (Å²) in [6.07, 6.45) is 0. The van der Waals surface area contributed by atoms with E-state index >= 15 is 0 Å². The second-order valence-corrected chi connectivity index (χ2v) is 6.24. The number of rotatable bonds is 3. The summed E-state index contributed by atoms with van der Waals surface area (Å²) in [5.41, 5.74) is 3.83. The van der Waals surface area contributed by atoms with Crippen LogP contribution < -0.4 is 10.8 Å². The van der Waals surface area contributed by atoms with Gasteiger partial charge in [0.25, 0.3) is 0 Å². The molecule has 1 aliphatic heterocycles. The van der Waals surface area contributed by atoms with Crippen molar-refractivity contribution in [1.29, 1.82) is 0 Å². The highest BCUT2D eigenvalue weighted by atomic mass is 127. The van der Waals surface area contributed by atoms with Crippen molar-refractivity contribution in [2.75, 3.05) is 26.2 Å². The van der Waals surface area contributed by atoms with Crippen LogP contribution in [0.3, 0.4) is 0 Å². The van der Waals surface area contributed by atoms with E-state index in [-0.39, 0.29) is 0 Å². The predicted octanol–water partition coefficient (Wildman–Crippen LogP) is -0.00696. The molecule has 0 amide bonds. The molecule has 1 aliphatic rings. The van der Waals surface area contributed by atoms with Gasteiger partial charge >= 0.3 is 7.12 Å². The Morgan fingerprint density at radius 2 is 1.89 bits per heavy atom. The van der Waals surface area contributed by atoms with Crippen LogP contribution in [-0.2, 0) is 6.54 Å². The quantitative estimate of drug-likeness (QED) is 0.515. The molecule has 19 heavy (non-hydrogen) atoms. The zero-order valence-electron chi connectivity index (χ0n) is 11.4. The minimum Gasteiger partial charge on any atom is -0.423 e. The van der Waals surface area contributed by atoms with Gasteiger partial charge in [0, 0.05) is 36.3 Å². The number of hydrogen-bond acceptors (Lipinski definition) is 4. The van der Waals surface area contributed by atoms with Gasteiger partial charge in [0.2, 0.25) is 0 Å². The Kier molecular flexibility index (Phi) is 5.25. The van der Waals surface area contributed by atoms with Gasteiger partial charge < -0.3 is 15.4 Å². The van der Waals surface area contributed by atoms with Crippen LogP contribution in [0.15, 0.2) is 6.07 Å². The van der Waals surface area contributed by atoms with E-state index in [4.69, 9.17) is 0 Å². The maximum atomic E-state index is 9.57. The minimum atomic E-state index is -1.39. The molecule has 1 aromatic carbocycles. The molecule has 0 radical (unpaired) electrons. The van der Waals surface area contributed by atoms with Crippen molar-refractivity contribution in [2.45, 2.75) is 20.4 Å². The van der Waals surface area contributed by atoms with E-state index in [1.54, 1.807) is 0 Å². The third-order valence-electron chi connectivity index (χ3n) is 3.81. The van der Waals surface area contributed by atoms with Crippen LogP contribution in [0.2, 0.25) is 0 Å². The second-order valence-electron chi connectivity index (χ2n) is 5.08. The maximum Gasteiger partial charge on any atom is 0.489 e. The lowest BCUT2D eigenvalue weighted by molar-refractivity contribution is 0.233. The fraction of sp³-hybridized carbons (Fsp3) is 0.538. The van der Waals surface area contributed by atoms with Crippen molar-refractivity contribution >= 4 is 35.2 Å². The molecule has 1 saturated heterocycles. The van der Waals surface area contributed by atoms with Crippen LogP contribution in [0.25, 0.3) is 0 Å². The van der Waals surface area contributed by atoms with Crippen molar-refractivity contribution in [3.63, 3.8) is 0 Å².